The first kappa shape index (κ1) is 12.3. The van der Waals surface area contributed by atoms with Crippen molar-refractivity contribution in [2.45, 2.75) is 26.7 Å². The largest absolute Gasteiger partial charge is 2.00 e. The van der Waals surface area contributed by atoms with E-state index >= 15 is 0 Å². The second-order valence-corrected chi connectivity index (χ2v) is 3.20. The van der Waals surface area contributed by atoms with Gasteiger partial charge in [-0.05, 0) is 30.0 Å². The molecule has 1 nitrogen and oxygen atoms in total. The summed E-state index contributed by atoms with van der Waals surface area (Å²) >= 11 is 0. The second-order valence-electron chi connectivity index (χ2n) is 3.20. The fourth-order valence-electron chi connectivity index (χ4n) is 0.986. The average Bonchev–Trinajstić information content (AvgIpc) is 1.94. The summed E-state index contributed by atoms with van der Waals surface area (Å²) in [4.78, 5) is 0. The Hall–Kier alpha value is 0.280. The van der Waals surface area contributed by atoms with Crippen molar-refractivity contribution in [2.24, 2.45) is 0 Å². The van der Waals surface area contributed by atoms with Gasteiger partial charge in [0.2, 0.25) is 0 Å². The Labute approximate surface area is 107 Å². The number of hydrogen-bond donors (Lipinski definition) is 1. The van der Waals surface area contributed by atoms with Crippen molar-refractivity contribution < 1.29 is 7.96 Å². The molecule has 0 radical (unpaired) electrons. The molecule has 1 aromatic carbocycles. The summed E-state index contributed by atoms with van der Waals surface area (Å²) in [6.07, 6.45) is 0. The van der Waals surface area contributed by atoms with Gasteiger partial charge in [0.1, 0.15) is 5.75 Å². The van der Waals surface area contributed by atoms with Crippen LogP contribution in [0.15, 0.2) is 18.2 Å². The number of benzene rings is 1. The quantitative estimate of drug-likeness (QED) is 0.678. The van der Waals surface area contributed by atoms with Crippen molar-refractivity contribution in [3.63, 3.8) is 0 Å². The number of hydrogen-bond acceptors (Lipinski definition) is 1. The van der Waals surface area contributed by atoms with Gasteiger partial charge in [-0.2, -0.15) is 0 Å². The topological polar surface area (TPSA) is 20.2 Å². The van der Waals surface area contributed by atoms with Crippen molar-refractivity contribution >= 4 is 37.7 Å². The van der Waals surface area contributed by atoms with E-state index in [1.54, 1.807) is 0 Å². The molecule has 0 atom stereocenters. The Bertz CT molecular complexity index is 264. The van der Waals surface area contributed by atoms with E-state index in [-0.39, 0.29) is 40.6 Å². The van der Waals surface area contributed by atoms with E-state index < -0.39 is 0 Å². The van der Waals surface area contributed by atoms with E-state index in [9.17, 15) is 5.11 Å². The molecule has 0 saturated heterocycles. The molecule has 0 aliphatic carbocycles. The molecule has 0 aromatic heterocycles. The van der Waals surface area contributed by atoms with Crippen molar-refractivity contribution in [1.29, 1.82) is 0 Å². The summed E-state index contributed by atoms with van der Waals surface area (Å²) in [5.74, 6) is 0.887. The maximum absolute atomic E-state index is 9.35. The average molecular weight is 192 g/mol. The van der Waals surface area contributed by atoms with Gasteiger partial charge in [0, 0.05) is 0 Å². The third-order valence-electron chi connectivity index (χ3n) is 1.90. The maximum atomic E-state index is 9.35. The van der Waals surface area contributed by atoms with Gasteiger partial charge in [-0.1, -0.05) is 26.0 Å². The minimum absolute atomic E-state index is 0. The molecule has 64 valence electrons. The van der Waals surface area contributed by atoms with E-state index in [2.05, 4.69) is 19.9 Å². The first-order valence-corrected chi connectivity index (χ1v) is 3.91. The van der Waals surface area contributed by atoms with Gasteiger partial charge in [0.05, 0.1) is 0 Å². The molecule has 1 N–H and O–H groups in total. The summed E-state index contributed by atoms with van der Waals surface area (Å²) in [5.41, 5.74) is 2.13. The molecular weight excluding hydrogens is 176 g/mol. The molecule has 1 rings (SSSR count). The van der Waals surface area contributed by atoms with Gasteiger partial charge in [-0.15, -0.1) is 0 Å². The molecule has 0 saturated carbocycles. The Morgan fingerprint density at radius 3 is 2.33 bits per heavy atom. The molecule has 0 fully saturated rings. The van der Waals surface area contributed by atoms with Crippen LogP contribution in [0.3, 0.4) is 0 Å². The first-order chi connectivity index (χ1) is 5.11. The van der Waals surface area contributed by atoms with Crippen molar-refractivity contribution in [3.8, 4) is 5.75 Å². The molecule has 0 amide bonds. The third-order valence-corrected chi connectivity index (χ3v) is 1.90. The van der Waals surface area contributed by atoms with Gasteiger partial charge in [0.25, 0.3) is 0 Å². The number of aromatic hydroxyl groups is 1. The number of rotatable bonds is 1. The van der Waals surface area contributed by atoms with Crippen LogP contribution in [0.4, 0.5) is 0 Å². The van der Waals surface area contributed by atoms with E-state index in [0.717, 1.165) is 5.56 Å². The van der Waals surface area contributed by atoms with Crippen molar-refractivity contribution in [3.05, 3.63) is 29.3 Å². The van der Waals surface area contributed by atoms with Gasteiger partial charge in [-0.3, -0.25) is 0 Å². The van der Waals surface area contributed by atoms with Crippen LogP contribution in [0, 0.1) is 6.92 Å². The van der Waals surface area contributed by atoms with Crippen molar-refractivity contribution in [2.75, 3.05) is 0 Å². The van der Waals surface area contributed by atoms with Crippen LogP contribution in [-0.2, 0) is 0 Å². The number of aryl methyl sites for hydroxylation is 1. The normalized spacial score (nSPS) is 9.67. The van der Waals surface area contributed by atoms with Gasteiger partial charge < -0.3 is 7.96 Å². The molecule has 0 aliphatic rings. The smallest absolute Gasteiger partial charge is 1.00 e. The van der Waals surface area contributed by atoms with E-state index in [4.69, 9.17) is 0 Å². The zero-order valence-corrected chi connectivity index (χ0v) is 10.2. The molecular formula is C10H16CaO. The zero-order chi connectivity index (χ0) is 8.43. The SMILES string of the molecule is Cc1ccc(C(C)C)cc1O.[Ca+2].[H-].[H-]. The van der Waals surface area contributed by atoms with Gasteiger partial charge in [-0.25, -0.2) is 0 Å². The number of phenols is 1. The first-order valence-electron chi connectivity index (χ1n) is 3.91. The second kappa shape index (κ2) is 5.11. The summed E-state index contributed by atoms with van der Waals surface area (Å²) in [7, 11) is 0. The van der Waals surface area contributed by atoms with Crippen molar-refractivity contribution in [1.82, 2.24) is 0 Å². The van der Waals surface area contributed by atoms with Crippen LogP contribution in [0.1, 0.15) is 33.7 Å². The molecule has 2 heteroatoms. The summed E-state index contributed by atoms with van der Waals surface area (Å²) < 4.78 is 0. The standard InChI is InChI=1S/C10H14O.Ca.2H/c1-7(2)9-5-4-8(3)10(11)6-9;;;/h4-7,11H,1-3H3;;;/q;+2;2*-1. The Kier molecular flexibility index (Phi) is 5.22. The minimum atomic E-state index is 0. The van der Waals surface area contributed by atoms with Gasteiger partial charge >= 0.3 is 37.7 Å². The molecule has 0 heterocycles. The molecule has 0 spiro atoms. The fraction of sp³-hybridized carbons (Fsp3) is 0.400. The fourth-order valence-corrected chi connectivity index (χ4v) is 0.986. The summed E-state index contributed by atoms with van der Waals surface area (Å²) in [5, 5.41) is 9.35. The molecule has 1 aromatic rings. The summed E-state index contributed by atoms with van der Waals surface area (Å²) in [6.45, 7) is 6.13. The van der Waals surface area contributed by atoms with Crippen LogP contribution in [-0.4, -0.2) is 42.8 Å². The molecule has 0 unspecified atom stereocenters. The minimum Gasteiger partial charge on any atom is -1.00 e. The summed E-state index contributed by atoms with van der Waals surface area (Å²) in [6, 6.07) is 5.84. The van der Waals surface area contributed by atoms with E-state index in [1.165, 1.54) is 5.56 Å². The number of phenolic OH excluding ortho intramolecular Hbond substituents is 1. The maximum Gasteiger partial charge on any atom is 2.00 e. The van der Waals surface area contributed by atoms with Crippen LogP contribution < -0.4 is 0 Å². The van der Waals surface area contributed by atoms with E-state index in [1.807, 2.05) is 19.1 Å². The predicted molar refractivity (Wildman–Crippen MR) is 54.9 cm³/mol. The van der Waals surface area contributed by atoms with Crippen LogP contribution >= 0.6 is 0 Å². The van der Waals surface area contributed by atoms with Crippen LogP contribution in [0.2, 0.25) is 0 Å². The zero-order valence-electron chi connectivity index (χ0n) is 9.96. The predicted octanol–water partition coefficient (Wildman–Crippen LogP) is 2.67. The Balaban J connectivity index is -0.000000403. The molecule has 0 bridgehead atoms. The van der Waals surface area contributed by atoms with Crippen LogP contribution in [0.25, 0.3) is 0 Å². The van der Waals surface area contributed by atoms with E-state index in [0.29, 0.717) is 11.7 Å². The van der Waals surface area contributed by atoms with Gasteiger partial charge in [0.15, 0.2) is 0 Å². The van der Waals surface area contributed by atoms with Crippen LogP contribution in [0.5, 0.6) is 5.75 Å². The molecule has 12 heavy (non-hydrogen) atoms. The monoisotopic (exact) mass is 192 g/mol. The molecule has 0 aliphatic heterocycles. The Morgan fingerprint density at radius 1 is 1.33 bits per heavy atom. The third kappa shape index (κ3) is 2.96. The Morgan fingerprint density at radius 2 is 1.92 bits per heavy atom.